The monoisotopic (exact) mass is 476 g/mol. The highest BCUT2D eigenvalue weighted by Gasteiger charge is 2.28. The van der Waals surface area contributed by atoms with Crippen molar-refractivity contribution in [1.29, 1.82) is 0 Å². The molecule has 2 N–H and O–H groups in total. The van der Waals surface area contributed by atoms with Gasteiger partial charge in [0.1, 0.15) is 5.82 Å². The third kappa shape index (κ3) is 6.22. The lowest BCUT2D eigenvalue weighted by atomic mass is 10.2. The lowest BCUT2D eigenvalue weighted by molar-refractivity contribution is -0.154. The van der Waals surface area contributed by atoms with Crippen molar-refractivity contribution < 1.29 is 22.7 Å². The van der Waals surface area contributed by atoms with Crippen LogP contribution in [0.15, 0.2) is 47.4 Å². The Morgan fingerprint density at radius 3 is 2.68 bits per heavy atom. The average Bonchev–Trinajstić information content (AvgIpc) is 2.82. The number of ether oxygens (including phenoxy) is 1. The van der Waals surface area contributed by atoms with Crippen LogP contribution in [0, 0.1) is 0 Å². The number of fused-ring (bicyclic) bond motifs is 1. The van der Waals surface area contributed by atoms with Gasteiger partial charge < -0.3 is 19.9 Å². The highest BCUT2D eigenvalue weighted by atomic mass is 19.4. The molecule has 0 saturated carbocycles. The van der Waals surface area contributed by atoms with Gasteiger partial charge in [-0.1, -0.05) is 12.1 Å². The molecule has 34 heavy (non-hydrogen) atoms. The number of alkyl halides is 3. The van der Waals surface area contributed by atoms with E-state index in [4.69, 9.17) is 0 Å². The molecule has 9 nitrogen and oxygen atoms in total. The minimum Gasteiger partial charge on any atom is -0.468 e. The average molecular weight is 476 g/mol. The molecular weight excluding hydrogens is 453 g/mol. The van der Waals surface area contributed by atoms with Gasteiger partial charge in [-0.15, -0.1) is 0 Å². The van der Waals surface area contributed by atoms with Crippen molar-refractivity contribution in [2.75, 3.05) is 32.8 Å². The van der Waals surface area contributed by atoms with E-state index in [0.717, 1.165) is 0 Å². The molecule has 1 aliphatic rings. The Kier molecular flexibility index (Phi) is 6.96. The van der Waals surface area contributed by atoms with Crippen molar-refractivity contribution >= 4 is 16.9 Å². The first-order valence-electron chi connectivity index (χ1n) is 10.6. The summed E-state index contributed by atoms with van der Waals surface area (Å²) in [6, 6.07) is 9.83. The largest absolute Gasteiger partial charge is 0.468 e. The van der Waals surface area contributed by atoms with Gasteiger partial charge in [-0.05, 0) is 23.8 Å². The fourth-order valence-electron chi connectivity index (χ4n) is 3.62. The fraction of sp³-hybridized carbons (Fsp3) is 0.364. The predicted octanol–water partition coefficient (Wildman–Crippen LogP) is 2.29. The molecule has 0 spiro atoms. The number of hydrogen-bond acceptors (Lipinski definition) is 6. The van der Waals surface area contributed by atoms with E-state index in [1.54, 1.807) is 29.2 Å². The van der Waals surface area contributed by atoms with Crippen LogP contribution in [0.25, 0.3) is 10.9 Å². The topological polar surface area (TPSA) is 103 Å². The van der Waals surface area contributed by atoms with Gasteiger partial charge >= 0.3 is 12.2 Å². The number of nitrogens with zero attached hydrogens (tertiary/aromatic N) is 4. The summed E-state index contributed by atoms with van der Waals surface area (Å²) in [4.78, 5) is 39.6. The van der Waals surface area contributed by atoms with Gasteiger partial charge in [0.15, 0.2) is 6.61 Å². The van der Waals surface area contributed by atoms with Crippen molar-refractivity contribution in [2.24, 2.45) is 0 Å². The van der Waals surface area contributed by atoms with E-state index in [-0.39, 0.29) is 24.0 Å². The molecule has 180 valence electrons. The summed E-state index contributed by atoms with van der Waals surface area (Å²) in [5, 5.41) is 3.31. The van der Waals surface area contributed by atoms with E-state index < -0.39 is 12.8 Å². The first-order valence-corrected chi connectivity index (χ1v) is 10.6. The smallest absolute Gasteiger partial charge is 0.422 e. The number of hydrogen-bond donors (Lipinski definition) is 2. The number of piperazine rings is 1. The van der Waals surface area contributed by atoms with Gasteiger partial charge in [-0.25, -0.2) is 14.8 Å². The van der Waals surface area contributed by atoms with Gasteiger partial charge in [0, 0.05) is 45.0 Å². The van der Waals surface area contributed by atoms with Crippen LogP contribution in [0.5, 0.6) is 5.88 Å². The second kappa shape index (κ2) is 10.1. The number of pyridine rings is 1. The summed E-state index contributed by atoms with van der Waals surface area (Å²) in [7, 11) is 0. The van der Waals surface area contributed by atoms with Crippen LogP contribution in [-0.4, -0.2) is 69.7 Å². The van der Waals surface area contributed by atoms with Crippen LogP contribution in [0.1, 0.15) is 11.4 Å². The molecule has 0 aliphatic carbocycles. The van der Waals surface area contributed by atoms with Gasteiger partial charge in [0.25, 0.3) is 5.56 Å². The number of halogens is 3. The minimum absolute atomic E-state index is 0.131. The van der Waals surface area contributed by atoms with E-state index in [1.807, 2.05) is 6.07 Å². The maximum absolute atomic E-state index is 12.5. The molecule has 0 bridgehead atoms. The zero-order valence-corrected chi connectivity index (χ0v) is 18.1. The number of aromatic nitrogens is 3. The molecule has 1 fully saturated rings. The zero-order valence-electron chi connectivity index (χ0n) is 18.1. The van der Waals surface area contributed by atoms with Gasteiger partial charge in [0.05, 0.1) is 17.4 Å². The first-order chi connectivity index (χ1) is 16.3. The lowest BCUT2D eigenvalue weighted by Crippen LogP contribution is -2.51. The van der Waals surface area contributed by atoms with Crippen molar-refractivity contribution in [1.82, 2.24) is 30.1 Å². The molecule has 2 aromatic heterocycles. The number of para-hydroxylation sites is 1. The molecule has 3 heterocycles. The van der Waals surface area contributed by atoms with E-state index in [2.05, 4.69) is 29.9 Å². The van der Waals surface area contributed by atoms with E-state index in [1.165, 1.54) is 12.3 Å². The zero-order chi connectivity index (χ0) is 24.1. The molecule has 12 heteroatoms. The predicted molar refractivity (Wildman–Crippen MR) is 117 cm³/mol. The SMILES string of the molecule is O=C(NCc1ccnc(OCC(F)(F)F)c1)N1CCN(Cc2nc3ccccc3c(=O)[nH]2)CC1. The molecule has 0 atom stereocenters. The number of urea groups is 1. The van der Waals surface area contributed by atoms with Crippen molar-refractivity contribution in [2.45, 2.75) is 19.3 Å². The summed E-state index contributed by atoms with van der Waals surface area (Å²) in [5.41, 5.74) is 1.04. The molecular formula is C22H23F3N6O3. The normalized spacial score (nSPS) is 14.9. The number of carbonyl (C=O) groups excluding carboxylic acids is 1. The Morgan fingerprint density at radius 2 is 1.91 bits per heavy atom. The Morgan fingerprint density at radius 1 is 1.15 bits per heavy atom. The lowest BCUT2D eigenvalue weighted by Gasteiger charge is -2.34. The van der Waals surface area contributed by atoms with E-state index in [9.17, 15) is 22.8 Å². The van der Waals surface area contributed by atoms with E-state index in [0.29, 0.717) is 55.0 Å². The molecule has 1 saturated heterocycles. The van der Waals surface area contributed by atoms with Gasteiger partial charge in [0.2, 0.25) is 5.88 Å². The number of aromatic amines is 1. The third-order valence-electron chi connectivity index (χ3n) is 5.32. The molecule has 0 radical (unpaired) electrons. The fourth-order valence-corrected chi connectivity index (χ4v) is 3.62. The van der Waals surface area contributed by atoms with Crippen LogP contribution in [0.4, 0.5) is 18.0 Å². The molecule has 1 aromatic carbocycles. The number of rotatable bonds is 6. The van der Waals surface area contributed by atoms with Crippen LogP contribution in [0.3, 0.4) is 0 Å². The molecule has 1 aliphatic heterocycles. The number of benzene rings is 1. The van der Waals surface area contributed by atoms with Crippen molar-refractivity contribution in [3.8, 4) is 5.88 Å². The quantitative estimate of drug-likeness (QED) is 0.566. The second-order valence-corrected chi connectivity index (χ2v) is 7.86. The molecule has 3 aromatic rings. The molecule has 4 rings (SSSR count). The summed E-state index contributed by atoms with van der Waals surface area (Å²) in [6.45, 7) is 1.35. The number of amides is 2. The van der Waals surface area contributed by atoms with E-state index >= 15 is 0 Å². The Bertz CT molecular complexity index is 1210. The summed E-state index contributed by atoms with van der Waals surface area (Å²) >= 11 is 0. The maximum atomic E-state index is 12.5. The van der Waals surface area contributed by atoms with Crippen molar-refractivity contribution in [3.05, 3.63) is 64.3 Å². The van der Waals surface area contributed by atoms with Crippen LogP contribution in [0.2, 0.25) is 0 Å². The number of carbonyl (C=O) groups is 1. The van der Waals surface area contributed by atoms with Gasteiger partial charge in [-0.2, -0.15) is 13.2 Å². The minimum atomic E-state index is -4.45. The Labute approximate surface area is 192 Å². The number of nitrogens with one attached hydrogen (secondary N) is 2. The first kappa shape index (κ1) is 23.5. The van der Waals surface area contributed by atoms with Crippen LogP contribution < -0.4 is 15.6 Å². The standard InChI is InChI=1S/C22H23F3N6O3/c23-22(24,25)14-34-19-11-15(5-6-26-19)12-27-21(33)31-9-7-30(8-10-31)13-18-28-17-4-2-1-3-16(17)20(32)29-18/h1-6,11H,7-10,12-14H2,(H,27,33)(H,28,29,32). The highest BCUT2D eigenvalue weighted by Crippen LogP contribution is 2.17. The Balaban J connectivity index is 1.25. The summed E-state index contributed by atoms with van der Waals surface area (Å²) in [6.07, 6.45) is -3.12. The van der Waals surface area contributed by atoms with Crippen LogP contribution in [-0.2, 0) is 13.1 Å². The third-order valence-corrected chi connectivity index (χ3v) is 5.32. The van der Waals surface area contributed by atoms with Crippen LogP contribution >= 0.6 is 0 Å². The maximum Gasteiger partial charge on any atom is 0.422 e. The van der Waals surface area contributed by atoms with Crippen molar-refractivity contribution in [3.63, 3.8) is 0 Å². The van der Waals surface area contributed by atoms with Gasteiger partial charge in [-0.3, -0.25) is 9.69 Å². The summed E-state index contributed by atoms with van der Waals surface area (Å²) in [5.74, 6) is 0.417. The summed E-state index contributed by atoms with van der Waals surface area (Å²) < 4.78 is 41.5. The Hall–Kier alpha value is -3.67. The highest BCUT2D eigenvalue weighted by molar-refractivity contribution is 5.77. The molecule has 2 amide bonds. The number of H-pyrrole nitrogens is 1. The molecule has 0 unspecified atom stereocenters. The second-order valence-electron chi connectivity index (χ2n) is 7.86.